The standard InChI is InChI=1S/C25H30N4O5S/c1-18-6-5-7-22(25(32)28-12-3-4-13-28)23(18)26-24(31)20-8-10-21(11-9-20)35(33,34)29-16-14-27(15-17-29)19(2)30/h5-11H,3-4,12-17H2,1-2H3,(H,26,31). The lowest BCUT2D eigenvalue weighted by Crippen LogP contribution is -2.49. The molecule has 0 radical (unpaired) electrons. The molecule has 3 amide bonds. The lowest BCUT2D eigenvalue weighted by atomic mass is 10.1. The van der Waals surface area contributed by atoms with Gasteiger partial charge in [-0.3, -0.25) is 14.4 Å². The molecule has 4 rings (SSSR count). The Morgan fingerprint density at radius 1 is 0.829 bits per heavy atom. The van der Waals surface area contributed by atoms with E-state index in [0.29, 0.717) is 37.4 Å². The maximum Gasteiger partial charge on any atom is 0.255 e. The van der Waals surface area contributed by atoms with Gasteiger partial charge in [-0.25, -0.2) is 8.42 Å². The van der Waals surface area contributed by atoms with Crippen molar-refractivity contribution in [2.24, 2.45) is 0 Å². The Morgan fingerprint density at radius 2 is 1.46 bits per heavy atom. The van der Waals surface area contributed by atoms with Gasteiger partial charge in [0.05, 0.1) is 16.1 Å². The zero-order valence-electron chi connectivity index (χ0n) is 20.0. The number of amides is 3. The minimum Gasteiger partial charge on any atom is -0.340 e. The summed E-state index contributed by atoms with van der Waals surface area (Å²) in [6.07, 6.45) is 1.95. The fraction of sp³-hybridized carbons (Fsp3) is 0.400. The number of benzene rings is 2. The Morgan fingerprint density at radius 3 is 2.06 bits per heavy atom. The van der Waals surface area contributed by atoms with Crippen molar-refractivity contribution < 1.29 is 22.8 Å². The van der Waals surface area contributed by atoms with E-state index in [1.807, 2.05) is 13.0 Å². The van der Waals surface area contributed by atoms with Crippen LogP contribution in [0.2, 0.25) is 0 Å². The van der Waals surface area contributed by atoms with Gasteiger partial charge in [0.15, 0.2) is 0 Å². The minimum absolute atomic E-state index is 0.0728. The number of hydrogen-bond donors (Lipinski definition) is 1. The smallest absolute Gasteiger partial charge is 0.255 e. The predicted molar refractivity (Wildman–Crippen MR) is 132 cm³/mol. The molecule has 0 aromatic heterocycles. The van der Waals surface area contributed by atoms with Gasteiger partial charge in [0, 0.05) is 51.8 Å². The number of carbonyl (C=O) groups is 3. The highest BCUT2D eigenvalue weighted by Gasteiger charge is 2.29. The molecular weight excluding hydrogens is 468 g/mol. The summed E-state index contributed by atoms with van der Waals surface area (Å²) in [6.45, 7) is 5.87. The van der Waals surface area contributed by atoms with Crippen molar-refractivity contribution in [2.45, 2.75) is 31.6 Å². The first kappa shape index (κ1) is 24.9. The average Bonchev–Trinajstić information content (AvgIpc) is 3.40. The summed E-state index contributed by atoms with van der Waals surface area (Å²) in [5.41, 5.74) is 1.97. The highest BCUT2D eigenvalue weighted by Crippen LogP contribution is 2.25. The second kappa shape index (κ2) is 10.2. The number of para-hydroxylation sites is 1. The van der Waals surface area contributed by atoms with E-state index < -0.39 is 15.9 Å². The summed E-state index contributed by atoms with van der Waals surface area (Å²) in [5, 5.41) is 2.85. The fourth-order valence-electron chi connectivity index (χ4n) is 4.46. The molecular formula is C25H30N4O5S. The van der Waals surface area contributed by atoms with Crippen molar-refractivity contribution in [3.05, 3.63) is 59.2 Å². The molecule has 10 heteroatoms. The zero-order valence-corrected chi connectivity index (χ0v) is 20.8. The molecule has 0 saturated carbocycles. The molecule has 2 aliphatic rings. The van der Waals surface area contributed by atoms with E-state index in [4.69, 9.17) is 0 Å². The van der Waals surface area contributed by atoms with Crippen molar-refractivity contribution in [1.82, 2.24) is 14.1 Å². The Kier molecular flexibility index (Phi) is 7.23. The van der Waals surface area contributed by atoms with Gasteiger partial charge in [0.2, 0.25) is 15.9 Å². The molecule has 0 atom stereocenters. The van der Waals surface area contributed by atoms with Crippen molar-refractivity contribution >= 4 is 33.4 Å². The minimum atomic E-state index is -3.73. The van der Waals surface area contributed by atoms with Gasteiger partial charge in [-0.15, -0.1) is 0 Å². The average molecular weight is 499 g/mol. The van der Waals surface area contributed by atoms with Crippen molar-refractivity contribution in [1.29, 1.82) is 0 Å². The van der Waals surface area contributed by atoms with Crippen molar-refractivity contribution in [3.63, 3.8) is 0 Å². The Bertz CT molecular complexity index is 1230. The van der Waals surface area contributed by atoms with Crippen LogP contribution in [0.25, 0.3) is 0 Å². The maximum atomic E-state index is 13.0. The number of carbonyl (C=O) groups excluding carboxylic acids is 3. The molecule has 0 bridgehead atoms. The van der Waals surface area contributed by atoms with E-state index >= 15 is 0 Å². The van der Waals surface area contributed by atoms with Crippen LogP contribution in [0.5, 0.6) is 0 Å². The number of hydrogen-bond acceptors (Lipinski definition) is 5. The zero-order chi connectivity index (χ0) is 25.2. The molecule has 2 fully saturated rings. The van der Waals surface area contributed by atoms with Gasteiger partial charge in [-0.05, 0) is 55.7 Å². The van der Waals surface area contributed by atoms with E-state index in [1.165, 1.54) is 35.5 Å². The molecule has 0 aliphatic carbocycles. The topological polar surface area (TPSA) is 107 Å². The third-order valence-electron chi connectivity index (χ3n) is 6.57. The molecule has 1 N–H and O–H groups in total. The molecule has 0 spiro atoms. The summed E-state index contributed by atoms with van der Waals surface area (Å²) in [6, 6.07) is 11.1. The highest BCUT2D eigenvalue weighted by molar-refractivity contribution is 7.89. The summed E-state index contributed by atoms with van der Waals surface area (Å²) < 4.78 is 27.4. The van der Waals surface area contributed by atoms with E-state index in [1.54, 1.807) is 21.9 Å². The molecule has 35 heavy (non-hydrogen) atoms. The predicted octanol–water partition coefficient (Wildman–Crippen LogP) is 2.34. The van der Waals surface area contributed by atoms with Crippen molar-refractivity contribution in [2.75, 3.05) is 44.6 Å². The SMILES string of the molecule is CC(=O)N1CCN(S(=O)(=O)c2ccc(C(=O)Nc3c(C)cccc3C(=O)N3CCCC3)cc2)CC1. The number of anilines is 1. The number of nitrogens with one attached hydrogen (secondary N) is 1. The van der Waals surface area contributed by atoms with Crippen LogP contribution in [0.3, 0.4) is 0 Å². The summed E-state index contributed by atoms with van der Waals surface area (Å²) in [4.78, 5) is 41.0. The van der Waals surface area contributed by atoms with Gasteiger partial charge in [0.1, 0.15) is 0 Å². The summed E-state index contributed by atoms with van der Waals surface area (Å²) >= 11 is 0. The normalized spacial score (nSPS) is 16.9. The fourth-order valence-corrected chi connectivity index (χ4v) is 5.88. The van der Waals surface area contributed by atoms with Crippen LogP contribution in [-0.4, -0.2) is 79.5 Å². The molecule has 0 unspecified atom stereocenters. The second-order valence-electron chi connectivity index (χ2n) is 8.89. The van der Waals surface area contributed by atoms with E-state index in [-0.39, 0.29) is 35.4 Å². The number of rotatable bonds is 5. The lowest BCUT2D eigenvalue weighted by Gasteiger charge is -2.33. The maximum absolute atomic E-state index is 13.0. The van der Waals surface area contributed by atoms with Crippen molar-refractivity contribution in [3.8, 4) is 0 Å². The van der Waals surface area contributed by atoms with Gasteiger partial charge >= 0.3 is 0 Å². The molecule has 9 nitrogen and oxygen atoms in total. The van der Waals surface area contributed by atoms with Gasteiger partial charge in [-0.1, -0.05) is 12.1 Å². The Hall–Kier alpha value is -3.24. The molecule has 2 aliphatic heterocycles. The Labute approximate surface area is 205 Å². The summed E-state index contributed by atoms with van der Waals surface area (Å²) in [5.74, 6) is -0.599. The largest absolute Gasteiger partial charge is 0.340 e. The van der Waals surface area contributed by atoms with E-state index in [2.05, 4.69) is 5.32 Å². The second-order valence-corrected chi connectivity index (χ2v) is 10.8. The van der Waals surface area contributed by atoms with Crippen LogP contribution in [0.4, 0.5) is 5.69 Å². The first-order chi connectivity index (χ1) is 16.7. The number of piperazine rings is 1. The van der Waals surface area contributed by atoms with Crippen LogP contribution in [0.1, 0.15) is 46.0 Å². The highest BCUT2D eigenvalue weighted by atomic mass is 32.2. The molecule has 2 saturated heterocycles. The Balaban J connectivity index is 1.48. The van der Waals surface area contributed by atoms with E-state index in [0.717, 1.165) is 18.4 Å². The number of aryl methyl sites for hydroxylation is 1. The van der Waals surface area contributed by atoms with Gasteiger partial charge in [-0.2, -0.15) is 4.31 Å². The molecule has 2 aromatic rings. The third kappa shape index (κ3) is 5.23. The lowest BCUT2D eigenvalue weighted by molar-refractivity contribution is -0.129. The third-order valence-corrected chi connectivity index (χ3v) is 8.49. The van der Waals surface area contributed by atoms with Crippen LogP contribution < -0.4 is 5.32 Å². The molecule has 186 valence electrons. The number of nitrogens with zero attached hydrogens (tertiary/aromatic N) is 3. The molecule has 2 heterocycles. The number of likely N-dealkylation sites (tertiary alicyclic amines) is 1. The van der Waals surface area contributed by atoms with Crippen LogP contribution in [0, 0.1) is 6.92 Å². The number of sulfonamides is 1. The molecule has 2 aromatic carbocycles. The quantitative estimate of drug-likeness (QED) is 0.681. The van der Waals surface area contributed by atoms with E-state index in [9.17, 15) is 22.8 Å². The van der Waals surface area contributed by atoms with Crippen LogP contribution in [-0.2, 0) is 14.8 Å². The monoisotopic (exact) mass is 498 g/mol. The van der Waals surface area contributed by atoms with Crippen LogP contribution >= 0.6 is 0 Å². The first-order valence-corrected chi connectivity index (χ1v) is 13.2. The first-order valence-electron chi connectivity index (χ1n) is 11.7. The van der Waals surface area contributed by atoms with Gasteiger partial charge < -0.3 is 15.1 Å². The van der Waals surface area contributed by atoms with Gasteiger partial charge in [0.25, 0.3) is 11.8 Å². The van der Waals surface area contributed by atoms with Crippen LogP contribution in [0.15, 0.2) is 47.4 Å². The summed E-state index contributed by atoms with van der Waals surface area (Å²) in [7, 11) is -3.73.